The number of hydrogen-bond donors (Lipinski definition) is 2. The Balaban J connectivity index is 1.81. The van der Waals surface area contributed by atoms with E-state index in [0.717, 1.165) is 44.4 Å². The first-order valence-corrected chi connectivity index (χ1v) is 6.34. The topological polar surface area (TPSA) is 75.3 Å². The van der Waals surface area contributed by atoms with Gasteiger partial charge in [0, 0.05) is 26.7 Å². The molecule has 1 aromatic rings. The van der Waals surface area contributed by atoms with Crippen LogP contribution < -0.4 is 10.2 Å². The van der Waals surface area contributed by atoms with E-state index in [-0.39, 0.29) is 0 Å². The van der Waals surface area contributed by atoms with Crippen molar-refractivity contribution in [2.75, 3.05) is 51.4 Å². The van der Waals surface area contributed by atoms with E-state index in [1.165, 1.54) is 0 Å². The lowest BCUT2D eigenvalue weighted by atomic mass is 10.4. The van der Waals surface area contributed by atoms with Gasteiger partial charge in [-0.2, -0.15) is 4.98 Å². The first kappa shape index (κ1) is 13.3. The van der Waals surface area contributed by atoms with E-state index >= 15 is 0 Å². The molecule has 0 atom stereocenters. The van der Waals surface area contributed by atoms with Gasteiger partial charge < -0.3 is 19.7 Å². The van der Waals surface area contributed by atoms with Gasteiger partial charge in [0.25, 0.3) is 0 Å². The van der Waals surface area contributed by atoms with E-state index in [2.05, 4.69) is 25.4 Å². The normalized spacial score (nSPS) is 16.8. The fourth-order valence-corrected chi connectivity index (χ4v) is 1.85. The number of methoxy groups -OCH3 is 1. The third-order valence-corrected chi connectivity index (χ3v) is 2.81. The van der Waals surface area contributed by atoms with Crippen LogP contribution in [0.25, 0.3) is 0 Å². The van der Waals surface area contributed by atoms with Crippen molar-refractivity contribution in [1.29, 1.82) is 0 Å². The number of nitrogens with one attached hydrogen (secondary N) is 2. The smallest absolute Gasteiger partial charge is 0.244 e. The number of rotatable bonds is 6. The van der Waals surface area contributed by atoms with E-state index in [1.54, 1.807) is 7.11 Å². The van der Waals surface area contributed by atoms with E-state index < -0.39 is 0 Å². The Morgan fingerprint density at radius 1 is 1.28 bits per heavy atom. The van der Waals surface area contributed by atoms with Gasteiger partial charge in [0.1, 0.15) is 6.61 Å². The minimum absolute atomic E-state index is 0.447. The van der Waals surface area contributed by atoms with Crippen LogP contribution in [0, 0.1) is 0 Å². The SMILES string of the molecule is COCCOCc1nc(N2CCCNCC2)n[nH]1. The van der Waals surface area contributed by atoms with Gasteiger partial charge in [-0.3, -0.25) is 5.10 Å². The van der Waals surface area contributed by atoms with Gasteiger partial charge >= 0.3 is 0 Å². The van der Waals surface area contributed by atoms with Gasteiger partial charge in [-0.25, -0.2) is 0 Å². The first-order chi connectivity index (χ1) is 8.90. The lowest BCUT2D eigenvalue weighted by molar-refractivity contribution is 0.0587. The molecule has 18 heavy (non-hydrogen) atoms. The summed E-state index contributed by atoms with van der Waals surface area (Å²) in [5.41, 5.74) is 0. The van der Waals surface area contributed by atoms with Crippen LogP contribution in [0.1, 0.15) is 12.2 Å². The van der Waals surface area contributed by atoms with Crippen molar-refractivity contribution < 1.29 is 9.47 Å². The maximum atomic E-state index is 5.40. The molecule has 0 spiro atoms. The van der Waals surface area contributed by atoms with Gasteiger partial charge in [0.2, 0.25) is 5.95 Å². The average Bonchev–Trinajstić information content (AvgIpc) is 2.69. The highest BCUT2D eigenvalue weighted by atomic mass is 16.5. The van der Waals surface area contributed by atoms with Crippen molar-refractivity contribution in [3.63, 3.8) is 0 Å². The summed E-state index contributed by atoms with van der Waals surface area (Å²) < 4.78 is 10.3. The average molecular weight is 255 g/mol. The van der Waals surface area contributed by atoms with Crippen LogP contribution in [0.5, 0.6) is 0 Å². The molecule has 102 valence electrons. The maximum absolute atomic E-state index is 5.40. The molecule has 0 aromatic carbocycles. The standard InChI is InChI=1S/C11H21N5O2/c1-17-7-8-18-9-10-13-11(15-14-10)16-5-2-3-12-4-6-16/h12H,2-9H2,1H3,(H,13,14,15). The summed E-state index contributed by atoms with van der Waals surface area (Å²) in [5, 5.41) is 10.5. The van der Waals surface area contributed by atoms with Gasteiger partial charge in [0.05, 0.1) is 13.2 Å². The van der Waals surface area contributed by atoms with E-state index in [0.29, 0.717) is 19.8 Å². The Morgan fingerprint density at radius 2 is 2.22 bits per heavy atom. The molecule has 0 amide bonds. The number of aromatic amines is 1. The minimum atomic E-state index is 0.447. The Bertz CT molecular complexity index is 336. The molecule has 2 heterocycles. The molecule has 7 nitrogen and oxygen atoms in total. The number of ether oxygens (including phenoxy) is 2. The molecule has 1 fully saturated rings. The number of nitrogens with zero attached hydrogens (tertiary/aromatic N) is 3. The fraction of sp³-hybridized carbons (Fsp3) is 0.818. The summed E-state index contributed by atoms with van der Waals surface area (Å²) >= 11 is 0. The van der Waals surface area contributed by atoms with Crippen LogP contribution in [-0.2, 0) is 16.1 Å². The van der Waals surface area contributed by atoms with Gasteiger partial charge in [0.15, 0.2) is 5.82 Å². The summed E-state index contributed by atoms with van der Waals surface area (Å²) in [4.78, 5) is 6.63. The lowest BCUT2D eigenvalue weighted by Crippen LogP contribution is -2.28. The molecule has 0 aliphatic carbocycles. The quantitative estimate of drug-likeness (QED) is 0.684. The largest absolute Gasteiger partial charge is 0.382 e. The van der Waals surface area contributed by atoms with Crippen LogP contribution >= 0.6 is 0 Å². The summed E-state index contributed by atoms with van der Waals surface area (Å²) in [7, 11) is 1.66. The number of aromatic nitrogens is 3. The van der Waals surface area contributed by atoms with Crippen molar-refractivity contribution in [2.24, 2.45) is 0 Å². The molecule has 0 saturated carbocycles. The number of anilines is 1. The number of H-pyrrole nitrogens is 1. The molecule has 1 aliphatic heterocycles. The third-order valence-electron chi connectivity index (χ3n) is 2.81. The van der Waals surface area contributed by atoms with Crippen LogP contribution in [0.15, 0.2) is 0 Å². The predicted molar refractivity (Wildman–Crippen MR) is 67.6 cm³/mol. The van der Waals surface area contributed by atoms with Crippen LogP contribution in [-0.4, -0.2) is 61.7 Å². The lowest BCUT2D eigenvalue weighted by Gasteiger charge is -2.16. The van der Waals surface area contributed by atoms with Crippen LogP contribution in [0.2, 0.25) is 0 Å². The zero-order valence-corrected chi connectivity index (χ0v) is 10.8. The second kappa shape index (κ2) is 7.30. The van der Waals surface area contributed by atoms with Crippen molar-refractivity contribution in [3.8, 4) is 0 Å². The van der Waals surface area contributed by atoms with Gasteiger partial charge in [-0.15, -0.1) is 5.10 Å². The molecule has 1 aromatic heterocycles. The molecule has 7 heteroatoms. The fourth-order valence-electron chi connectivity index (χ4n) is 1.85. The Hall–Kier alpha value is -1.18. The van der Waals surface area contributed by atoms with Gasteiger partial charge in [-0.1, -0.05) is 0 Å². The van der Waals surface area contributed by atoms with Crippen LogP contribution in [0.4, 0.5) is 5.95 Å². The Morgan fingerprint density at radius 3 is 3.11 bits per heavy atom. The zero-order valence-electron chi connectivity index (χ0n) is 10.8. The van der Waals surface area contributed by atoms with E-state index in [9.17, 15) is 0 Å². The highest BCUT2D eigenvalue weighted by molar-refractivity contribution is 5.28. The van der Waals surface area contributed by atoms with E-state index in [1.807, 2.05) is 0 Å². The molecular formula is C11H21N5O2. The highest BCUT2D eigenvalue weighted by Crippen LogP contribution is 2.09. The Kier molecular flexibility index (Phi) is 5.37. The molecule has 2 rings (SSSR count). The zero-order chi connectivity index (χ0) is 12.6. The minimum Gasteiger partial charge on any atom is -0.382 e. The van der Waals surface area contributed by atoms with Gasteiger partial charge in [-0.05, 0) is 13.0 Å². The van der Waals surface area contributed by atoms with E-state index in [4.69, 9.17) is 9.47 Å². The second-order valence-electron chi connectivity index (χ2n) is 4.22. The van der Waals surface area contributed by atoms with Crippen molar-refractivity contribution in [3.05, 3.63) is 5.82 Å². The monoisotopic (exact) mass is 255 g/mol. The summed E-state index contributed by atoms with van der Waals surface area (Å²) in [6.45, 7) is 5.60. The summed E-state index contributed by atoms with van der Waals surface area (Å²) in [6, 6.07) is 0. The molecule has 0 radical (unpaired) electrons. The number of hydrogen-bond acceptors (Lipinski definition) is 6. The molecule has 1 aliphatic rings. The highest BCUT2D eigenvalue weighted by Gasteiger charge is 2.13. The van der Waals surface area contributed by atoms with Crippen molar-refractivity contribution in [1.82, 2.24) is 20.5 Å². The van der Waals surface area contributed by atoms with Crippen molar-refractivity contribution >= 4 is 5.95 Å². The predicted octanol–water partition coefficient (Wildman–Crippen LogP) is -0.233. The molecule has 0 unspecified atom stereocenters. The molecule has 1 saturated heterocycles. The second-order valence-corrected chi connectivity index (χ2v) is 4.22. The maximum Gasteiger partial charge on any atom is 0.244 e. The molecule has 2 N–H and O–H groups in total. The summed E-state index contributed by atoms with van der Waals surface area (Å²) in [5.74, 6) is 1.53. The van der Waals surface area contributed by atoms with Crippen molar-refractivity contribution in [2.45, 2.75) is 13.0 Å². The van der Waals surface area contributed by atoms with Crippen LogP contribution in [0.3, 0.4) is 0 Å². The molecular weight excluding hydrogens is 234 g/mol. The summed E-state index contributed by atoms with van der Waals surface area (Å²) in [6.07, 6.45) is 1.12. The Labute approximate surface area is 107 Å². The third kappa shape index (κ3) is 3.94. The molecule has 0 bridgehead atoms. The first-order valence-electron chi connectivity index (χ1n) is 6.34.